The molecule has 4 nitrogen and oxygen atoms in total. The van der Waals surface area contributed by atoms with Crippen molar-refractivity contribution in [2.24, 2.45) is 0 Å². The zero-order valence-corrected chi connectivity index (χ0v) is 16.7. The SMILES string of the molecule is CCc1c(OC)sc(Sc2sc(OC)c(CC)c2OC)c1OC. The zero-order chi connectivity index (χ0) is 17.0. The Balaban J connectivity index is 2.47. The van der Waals surface area contributed by atoms with Crippen LogP contribution in [0.5, 0.6) is 21.6 Å². The lowest BCUT2D eigenvalue weighted by molar-refractivity contribution is 0.391. The van der Waals surface area contributed by atoms with Crippen molar-refractivity contribution >= 4 is 34.4 Å². The quantitative estimate of drug-likeness (QED) is 0.641. The van der Waals surface area contributed by atoms with E-state index >= 15 is 0 Å². The fourth-order valence-electron chi connectivity index (χ4n) is 2.39. The number of hydrogen-bond acceptors (Lipinski definition) is 7. The van der Waals surface area contributed by atoms with Crippen LogP contribution in [0.3, 0.4) is 0 Å². The smallest absolute Gasteiger partial charge is 0.181 e. The van der Waals surface area contributed by atoms with Gasteiger partial charge in [-0.15, -0.1) is 0 Å². The Morgan fingerprint density at radius 2 is 1.09 bits per heavy atom. The first kappa shape index (κ1) is 18.3. The van der Waals surface area contributed by atoms with Gasteiger partial charge in [0.15, 0.2) is 21.6 Å². The van der Waals surface area contributed by atoms with Crippen LogP contribution in [0.1, 0.15) is 25.0 Å². The third-order valence-electron chi connectivity index (χ3n) is 3.45. The summed E-state index contributed by atoms with van der Waals surface area (Å²) < 4.78 is 24.4. The molecule has 2 aromatic heterocycles. The molecule has 0 saturated carbocycles. The van der Waals surface area contributed by atoms with Crippen molar-refractivity contribution in [3.8, 4) is 21.6 Å². The van der Waals surface area contributed by atoms with E-state index in [1.165, 1.54) is 0 Å². The van der Waals surface area contributed by atoms with Crippen molar-refractivity contribution in [1.29, 1.82) is 0 Å². The van der Waals surface area contributed by atoms with E-state index in [0.717, 1.165) is 54.0 Å². The molecule has 0 atom stereocenters. The minimum atomic E-state index is 0.870. The van der Waals surface area contributed by atoms with Crippen LogP contribution in [0.4, 0.5) is 0 Å². The van der Waals surface area contributed by atoms with E-state index < -0.39 is 0 Å². The Morgan fingerprint density at radius 1 is 0.696 bits per heavy atom. The number of thiophene rings is 2. The molecular formula is C16H22O4S3. The van der Waals surface area contributed by atoms with Crippen LogP contribution < -0.4 is 18.9 Å². The summed E-state index contributed by atoms with van der Waals surface area (Å²) >= 11 is 4.86. The highest BCUT2D eigenvalue weighted by Gasteiger charge is 2.24. The van der Waals surface area contributed by atoms with Gasteiger partial charge >= 0.3 is 0 Å². The van der Waals surface area contributed by atoms with Gasteiger partial charge in [-0.2, -0.15) is 0 Å². The van der Waals surface area contributed by atoms with Crippen molar-refractivity contribution in [3.63, 3.8) is 0 Å². The summed E-state index contributed by atoms with van der Waals surface area (Å²) in [6, 6.07) is 0. The van der Waals surface area contributed by atoms with E-state index in [9.17, 15) is 0 Å². The van der Waals surface area contributed by atoms with Gasteiger partial charge in [0, 0.05) is 11.1 Å². The largest absolute Gasteiger partial charge is 0.494 e. The van der Waals surface area contributed by atoms with Gasteiger partial charge < -0.3 is 18.9 Å². The molecule has 23 heavy (non-hydrogen) atoms. The lowest BCUT2D eigenvalue weighted by Crippen LogP contribution is -1.90. The number of ether oxygens (including phenoxy) is 4. The van der Waals surface area contributed by atoms with Crippen LogP contribution in [-0.2, 0) is 12.8 Å². The zero-order valence-electron chi connectivity index (χ0n) is 14.3. The van der Waals surface area contributed by atoms with Crippen LogP contribution in [0.2, 0.25) is 0 Å². The molecule has 0 bridgehead atoms. The molecule has 0 fully saturated rings. The normalized spacial score (nSPS) is 10.7. The van der Waals surface area contributed by atoms with Gasteiger partial charge in [-0.3, -0.25) is 0 Å². The molecule has 0 aromatic carbocycles. The molecular weight excluding hydrogens is 352 g/mol. The van der Waals surface area contributed by atoms with Crippen LogP contribution in [0.25, 0.3) is 0 Å². The average molecular weight is 375 g/mol. The molecule has 2 rings (SSSR count). The molecule has 0 N–H and O–H groups in total. The molecule has 0 radical (unpaired) electrons. The van der Waals surface area contributed by atoms with Crippen molar-refractivity contribution in [2.45, 2.75) is 35.1 Å². The first-order valence-electron chi connectivity index (χ1n) is 7.30. The fourth-order valence-corrected chi connectivity index (χ4v) is 6.42. The van der Waals surface area contributed by atoms with Crippen LogP contribution in [0.15, 0.2) is 8.42 Å². The summed E-state index contributed by atoms with van der Waals surface area (Å²) in [4.78, 5) is 0. The molecule has 128 valence electrons. The first-order chi connectivity index (χ1) is 11.1. The lowest BCUT2D eigenvalue weighted by atomic mass is 10.2. The molecule has 0 saturated heterocycles. The summed E-state index contributed by atoms with van der Waals surface area (Å²) in [6.07, 6.45) is 1.74. The Bertz CT molecular complexity index is 605. The van der Waals surface area contributed by atoms with E-state index in [0.29, 0.717) is 0 Å². The second-order valence-electron chi connectivity index (χ2n) is 4.59. The Kier molecular flexibility index (Phi) is 6.50. The fraction of sp³-hybridized carbons (Fsp3) is 0.500. The summed E-state index contributed by atoms with van der Waals surface area (Å²) in [5.74, 6) is 1.79. The third kappa shape index (κ3) is 3.41. The van der Waals surface area contributed by atoms with Crippen LogP contribution >= 0.6 is 34.4 Å². The van der Waals surface area contributed by atoms with E-state index in [1.54, 1.807) is 62.9 Å². The van der Waals surface area contributed by atoms with Crippen molar-refractivity contribution in [3.05, 3.63) is 11.1 Å². The molecule has 2 heterocycles. The highest BCUT2D eigenvalue weighted by atomic mass is 32.2. The predicted octanol–water partition coefficient (Wildman–Crippen LogP) is 5.12. The highest BCUT2D eigenvalue weighted by Crippen LogP contribution is 2.55. The minimum absolute atomic E-state index is 0.870. The van der Waals surface area contributed by atoms with Gasteiger partial charge in [0.1, 0.15) is 8.42 Å². The van der Waals surface area contributed by atoms with E-state index in [1.807, 2.05) is 0 Å². The molecule has 0 unspecified atom stereocenters. The lowest BCUT2D eigenvalue weighted by Gasteiger charge is -2.06. The van der Waals surface area contributed by atoms with Crippen molar-refractivity contribution < 1.29 is 18.9 Å². The van der Waals surface area contributed by atoms with E-state index in [4.69, 9.17) is 18.9 Å². The first-order valence-corrected chi connectivity index (χ1v) is 9.75. The van der Waals surface area contributed by atoms with Gasteiger partial charge in [-0.05, 0) is 12.8 Å². The van der Waals surface area contributed by atoms with Gasteiger partial charge in [0.05, 0.1) is 28.4 Å². The topological polar surface area (TPSA) is 36.9 Å². The maximum Gasteiger partial charge on any atom is 0.181 e. The number of methoxy groups -OCH3 is 4. The summed E-state index contributed by atoms with van der Waals surface area (Å²) in [7, 11) is 6.80. The summed E-state index contributed by atoms with van der Waals surface area (Å²) in [5, 5.41) is 1.81. The van der Waals surface area contributed by atoms with Gasteiger partial charge in [0.2, 0.25) is 0 Å². The number of hydrogen-bond donors (Lipinski definition) is 0. The summed E-state index contributed by atoms with van der Waals surface area (Å²) in [5.41, 5.74) is 2.22. The average Bonchev–Trinajstić information content (AvgIpc) is 3.10. The van der Waals surface area contributed by atoms with E-state index in [2.05, 4.69) is 13.8 Å². The molecule has 0 aliphatic heterocycles. The molecule has 0 aliphatic rings. The van der Waals surface area contributed by atoms with E-state index in [-0.39, 0.29) is 0 Å². The van der Waals surface area contributed by atoms with Gasteiger partial charge in [-0.1, -0.05) is 48.3 Å². The highest BCUT2D eigenvalue weighted by molar-refractivity contribution is 8.03. The summed E-state index contributed by atoms with van der Waals surface area (Å²) in [6.45, 7) is 4.21. The van der Waals surface area contributed by atoms with Crippen LogP contribution in [0, 0.1) is 0 Å². The second-order valence-corrected chi connectivity index (χ2v) is 8.10. The third-order valence-corrected chi connectivity index (χ3v) is 7.13. The molecule has 0 aliphatic carbocycles. The second kappa shape index (κ2) is 8.17. The predicted molar refractivity (Wildman–Crippen MR) is 97.7 cm³/mol. The number of rotatable bonds is 8. The molecule has 7 heteroatoms. The Morgan fingerprint density at radius 3 is 1.35 bits per heavy atom. The molecule has 2 aromatic rings. The van der Waals surface area contributed by atoms with Crippen molar-refractivity contribution in [1.82, 2.24) is 0 Å². The Labute approximate surface area is 149 Å². The van der Waals surface area contributed by atoms with Gasteiger partial charge in [0.25, 0.3) is 0 Å². The maximum absolute atomic E-state index is 5.63. The van der Waals surface area contributed by atoms with Gasteiger partial charge in [-0.25, -0.2) is 0 Å². The molecule has 0 spiro atoms. The van der Waals surface area contributed by atoms with Crippen molar-refractivity contribution in [2.75, 3.05) is 28.4 Å². The molecule has 0 amide bonds. The minimum Gasteiger partial charge on any atom is -0.494 e. The maximum atomic E-state index is 5.63. The Hall–Kier alpha value is -1.05. The van der Waals surface area contributed by atoms with Crippen LogP contribution in [-0.4, -0.2) is 28.4 Å². The standard InChI is InChI=1S/C16H22O4S3/c1-7-9-11(17-3)15(21-13(9)19-5)23-16-12(18-4)10(8-2)14(20-6)22-16/h7-8H2,1-6H3. The monoisotopic (exact) mass is 374 g/mol.